The third kappa shape index (κ3) is 3.91. The SMILES string of the molecule is CCN(CC)S(=O)(=O)c1ccc(-c2csc(-c3cccc(Br)c3)n2)cc1. The molecular weight excluding hydrogens is 432 g/mol. The van der Waals surface area contributed by atoms with E-state index in [4.69, 9.17) is 0 Å². The number of nitrogens with zero attached hydrogens (tertiary/aromatic N) is 2. The Labute approximate surface area is 166 Å². The summed E-state index contributed by atoms with van der Waals surface area (Å²) in [6.07, 6.45) is 0. The zero-order valence-electron chi connectivity index (χ0n) is 14.5. The second kappa shape index (κ2) is 8.00. The summed E-state index contributed by atoms with van der Waals surface area (Å²) in [5.74, 6) is 0. The average Bonchev–Trinajstić information content (AvgIpc) is 3.13. The summed E-state index contributed by atoms with van der Waals surface area (Å²) in [6, 6.07) is 14.9. The molecule has 0 fully saturated rings. The Morgan fingerprint density at radius 3 is 2.35 bits per heavy atom. The molecule has 2 aromatic carbocycles. The minimum atomic E-state index is -3.43. The highest BCUT2D eigenvalue weighted by Gasteiger charge is 2.21. The number of aromatic nitrogens is 1. The molecule has 3 aromatic rings. The molecule has 0 aliphatic heterocycles. The number of benzene rings is 2. The van der Waals surface area contributed by atoms with Gasteiger partial charge in [0.2, 0.25) is 10.0 Å². The predicted molar refractivity (Wildman–Crippen MR) is 111 cm³/mol. The highest BCUT2D eigenvalue weighted by atomic mass is 79.9. The standard InChI is InChI=1S/C19H19BrN2O2S2/c1-3-22(4-2)26(23,24)17-10-8-14(9-11-17)18-13-25-19(21-18)15-6-5-7-16(20)12-15/h5-13H,3-4H2,1-2H3. The van der Waals surface area contributed by atoms with Gasteiger partial charge in [0.05, 0.1) is 10.6 Å². The Balaban J connectivity index is 1.88. The van der Waals surface area contributed by atoms with Gasteiger partial charge in [-0.05, 0) is 24.3 Å². The van der Waals surface area contributed by atoms with Crippen molar-refractivity contribution in [3.05, 3.63) is 58.4 Å². The Hall–Kier alpha value is -1.54. The van der Waals surface area contributed by atoms with Crippen molar-refractivity contribution in [2.24, 2.45) is 0 Å². The fourth-order valence-electron chi connectivity index (χ4n) is 2.67. The Kier molecular flexibility index (Phi) is 5.92. The van der Waals surface area contributed by atoms with Gasteiger partial charge in [-0.2, -0.15) is 4.31 Å². The van der Waals surface area contributed by atoms with Crippen LogP contribution in [0.3, 0.4) is 0 Å². The Bertz CT molecular complexity index is 994. The van der Waals surface area contributed by atoms with E-state index in [1.165, 1.54) is 4.31 Å². The van der Waals surface area contributed by atoms with Crippen LogP contribution in [0, 0.1) is 0 Å². The molecule has 26 heavy (non-hydrogen) atoms. The average molecular weight is 451 g/mol. The van der Waals surface area contributed by atoms with Crippen LogP contribution in [-0.2, 0) is 10.0 Å². The number of hydrogen-bond donors (Lipinski definition) is 0. The van der Waals surface area contributed by atoms with Gasteiger partial charge in [0.1, 0.15) is 5.01 Å². The first-order chi connectivity index (χ1) is 12.5. The van der Waals surface area contributed by atoms with Crippen molar-refractivity contribution < 1.29 is 8.42 Å². The lowest BCUT2D eigenvalue weighted by Crippen LogP contribution is -2.30. The summed E-state index contributed by atoms with van der Waals surface area (Å²) in [5, 5.41) is 2.92. The molecule has 0 aliphatic carbocycles. The maximum absolute atomic E-state index is 12.6. The van der Waals surface area contributed by atoms with Gasteiger partial charge in [-0.25, -0.2) is 13.4 Å². The van der Waals surface area contributed by atoms with E-state index in [2.05, 4.69) is 20.9 Å². The van der Waals surface area contributed by atoms with Gasteiger partial charge in [-0.15, -0.1) is 11.3 Å². The van der Waals surface area contributed by atoms with Crippen LogP contribution in [-0.4, -0.2) is 30.8 Å². The molecule has 0 spiro atoms. The predicted octanol–water partition coefficient (Wildman–Crippen LogP) is 5.27. The number of hydrogen-bond acceptors (Lipinski definition) is 4. The van der Waals surface area contributed by atoms with Gasteiger partial charge >= 0.3 is 0 Å². The minimum absolute atomic E-state index is 0.312. The lowest BCUT2D eigenvalue weighted by molar-refractivity contribution is 0.445. The fraction of sp³-hybridized carbons (Fsp3) is 0.211. The second-order valence-electron chi connectivity index (χ2n) is 5.66. The van der Waals surface area contributed by atoms with Crippen molar-refractivity contribution >= 4 is 37.3 Å². The third-order valence-electron chi connectivity index (χ3n) is 4.07. The topological polar surface area (TPSA) is 50.3 Å². The van der Waals surface area contributed by atoms with Crippen molar-refractivity contribution in [2.45, 2.75) is 18.7 Å². The van der Waals surface area contributed by atoms with Crippen LogP contribution in [0.2, 0.25) is 0 Å². The van der Waals surface area contributed by atoms with Gasteiger partial charge in [-0.1, -0.05) is 54.0 Å². The van der Waals surface area contributed by atoms with E-state index in [9.17, 15) is 8.42 Å². The molecule has 0 unspecified atom stereocenters. The van der Waals surface area contributed by atoms with E-state index in [1.54, 1.807) is 23.5 Å². The molecule has 0 aliphatic rings. The van der Waals surface area contributed by atoms with E-state index in [0.717, 1.165) is 26.3 Å². The minimum Gasteiger partial charge on any atom is -0.236 e. The molecule has 1 heterocycles. The first kappa shape index (κ1) is 19.2. The largest absolute Gasteiger partial charge is 0.243 e. The lowest BCUT2D eigenvalue weighted by Gasteiger charge is -2.18. The smallest absolute Gasteiger partial charge is 0.236 e. The van der Waals surface area contributed by atoms with Crippen molar-refractivity contribution in [1.82, 2.24) is 9.29 Å². The van der Waals surface area contributed by atoms with Gasteiger partial charge < -0.3 is 0 Å². The highest BCUT2D eigenvalue weighted by Crippen LogP contribution is 2.30. The van der Waals surface area contributed by atoms with Crippen LogP contribution in [0.25, 0.3) is 21.8 Å². The van der Waals surface area contributed by atoms with E-state index in [-0.39, 0.29) is 0 Å². The molecule has 3 rings (SSSR count). The molecule has 0 atom stereocenters. The van der Waals surface area contributed by atoms with Gasteiger partial charge in [-0.3, -0.25) is 0 Å². The van der Waals surface area contributed by atoms with Crippen LogP contribution in [0.4, 0.5) is 0 Å². The van der Waals surface area contributed by atoms with Crippen LogP contribution >= 0.6 is 27.3 Å². The Morgan fingerprint density at radius 2 is 1.73 bits per heavy atom. The number of sulfonamides is 1. The third-order valence-corrected chi connectivity index (χ3v) is 7.52. The summed E-state index contributed by atoms with van der Waals surface area (Å²) >= 11 is 5.05. The second-order valence-corrected chi connectivity index (χ2v) is 9.37. The monoisotopic (exact) mass is 450 g/mol. The first-order valence-corrected chi connectivity index (χ1v) is 11.4. The summed E-state index contributed by atoms with van der Waals surface area (Å²) in [5.41, 5.74) is 2.80. The van der Waals surface area contributed by atoms with Crippen LogP contribution in [0.1, 0.15) is 13.8 Å². The molecule has 0 bridgehead atoms. The van der Waals surface area contributed by atoms with Crippen LogP contribution in [0.15, 0.2) is 63.3 Å². The van der Waals surface area contributed by atoms with Crippen LogP contribution < -0.4 is 0 Å². The summed E-state index contributed by atoms with van der Waals surface area (Å²) in [7, 11) is -3.43. The van der Waals surface area contributed by atoms with Crippen molar-refractivity contribution in [3.8, 4) is 21.8 Å². The van der Waals surface area contributed by atoms with Gasteiger partial charge in [0.25, 0.3) is 0 Å². The molecule has 0 radical (unpaired) electrons. The van der Waals surface area contributed by atoms with Gasteiger partial charge in [0.15, 0.2) is 0 Å². The highest BCUT2D eigenvalue weighted by molar-refractivity contribution is 9.10. The van der Waals surface area contributed by atoms with E-state index >= 15 is 0 Å². The molecule has 0 amide bonds. The maximum Gasteiger partial charge on any atom is 0.243 e. The lowest BCUT2D eigenvalue weighted by atomic mass is 10.2. The van der Waals surface area contributed by atoms with Crippen molar-refractivity contribution in [2.75, 3.05) is 13.1 Å². The zero-order valence-corrected chi connectivity index (χ0v) is 17.7. The summed E-state index contributed by atoms with van der Waals surface area (Å²) < 4.78 is 27.6. The molecule has 1 aromatic heterocycles. The number of rotatable bonds is 6. The molecular formula is C19H19BrN2O2S2. The van der Waals surface area contributed by atoms with E-state index in [0.29, 0.717) is 18.0 Å². The maximum atomic E-state index is 12.6. The van der Waals surface area contributed by atoms with Crippen LogP contribution in [0.5, 0.6) is 0 Å². The summed E-state index contributed by atoms with van der Waals surface area (Å²) in [6.45, 7) is 4.60. The molecule has 136 valence electrons. The molecule has 0 saturated carbocycles. The van der Waals surface area contributed by atoms with E-state index < -0.39 is 10.0 Å². The first-order valence-electron chi connectivity index (χ1n) is 8.27. The van der Waals surface area contributed by atoms with Crippen molar-refractivity contribution in [3.63, 3.8) is 0 Å². The molecule has 7 heteroatoms. The quantitative estimate of drug-likeness (QED) is 0.513. The molecule has 4 nitrogen and oxygen atoms in total. The molecule has 0 N–H and O–H groups in total. The molecule has 0 saturated heterocycles. The fourth-order valence-corrected chi connectivity index (χ4v) is 5.35. The van der Waals surface area contributed by atoms with E-state index in [1.807, 2.05) is 55.6 Å². The zero-order chi connectivity index (χ0) is 18.7. The normalized spacial score (nSPS) is 11.8. The Morgan fingerprint density at radius 1 is 1.04 bits per heavy atom. The van der Waals surface area contributed by atoms with Gasteiger partial charge in [0, 0.05) is 34.1 Å². The number of thiazole rings is 1. The summed E-state index contributed by atoms with van der Waals surface area (Å²) in [4.78, 5) is 5.00. The number of halogens is 1. The van der Waals surface area contributed by atoms with Crippen molar-refractivity contribution in [1.29, 1.82) is 0 Å².